The molecule has 0 spiro atoms. The topological polar surface area (TPSA) is 25.8 Å². The fourth-order valence-corrected chi connectivity index (χ4v) is 1.57. The zero-order valence-electron chi connectivity index (χ0n) is 7.34. The van der Waals surface area contributed by atoms with Crippen molar-refractivity contribution in [2.45, 2.75) is 30.5 Å². The van der Waals surface area contributed by atoms with E-state index in [0.29, 0.717) is 5.03 Å². The van der Waals surface area contributed by atoms with Crippen LogP contribution in [0.3, 0.4) is 0 Å². The molecule has 0 aliphatic carbocycles. The highest BCUT2D eigenvalue weighted by atomic mass is 32.2. The molecule has 0 aliphatic heterocycles. The normalized spacial score (nSPS) is 11.7. The number of aromatic nitrogens is 2. The summed E-state index contributed by atoms with van der Waals surface area (Å²) in [7, 11) is 0. The third-order valence-corrected chi connectivity index (χ3v) is 2.06. The maximum atomic E-state index is 12.6. The van der Waals surface area contributed by atoms with Gasteiger partial charge < -0.3 is 0 Å². The predicted molar refractivity (Wildman–Crippen MR) is 47.6 cm³/mol. The first-order valence-corrected chi connectivity index (χ1v) is 4.45. The standard InChI is InChI=1S/C8H11FN2S/c1-8(2,3)12-7-4-6(9)10-5-11-7/h4-5H,1-3H3. The van der Waals surface area contributed by atoms with Gasteiger partial charge >= 0.3 is 0 Å². The molecule has 0 saturated carbocycles. The molecule has 0 radical (unpaired) electrons. The van der Waals surface area contributed by atoms with Crippen molar-refractivity contribution in [3.05, 3.63) is 18.3 Å². The van der Waals surface area contributed by atoms with E-state index in [0.717, 1.165) is 0 Å². The Morgan fingerprint density at radius 2 is 2.00 bits per heavy atom. The number of thioether (sulfide) groups is 1. The van der Waals surface area contributed by atoms with Gasteiger partial charge in [0.25, 0.3) is 0 Å². The zero-order chi connectivity index (χ0) is 9.19. The Morgan fingerprint density at radius 3 is 2.50 bits per heavy atom. The average Bonchev–Trinajstić information content (AvgIpc) is 1.82. The Hall–Kier alpha value is -0.640. The van der Waals surface area contributed by atoms with Crippen molar-refractivity contribution < 1.29 is 4.39 Å². The summed E-state index contributed by atoms with van der Waals surface area (Å²) in [5.41, 5.74) is 0. The van der Waals surface area contributed by atoms with E-state index in [9.17, 15) is 4.39 Å². The van der Waals surface area contributed by atoms with Crippen LogP contribution in [0.4, 0.5) is 4.39 Å². The molecule has 1 aromatic rings. The van der Waals surface area contributed by atoms with Crippen molar-refractivity contribution in [1.29, 1.82) is 0 Å². The zero-order valence-corrected chi connectivity index (χ0v) is 8.15. The van der Waals surface area contributed by atoms with E-state index in [1.807, 2.05) is 0 Å². The molecule has 0 saturated heterocycles. The molecule has 12 heavy (non-hydrogen) atoms. The van der Waals surface area contributed by atoms with Crippen LogP contribution < -0.4 is 0 Å². The Morgan fingerprint density at radius 1 is 1.33 bits per heavy atom. The van der Waals surface area contributed by atoms with Crippen molar-refractivity contribution in [2.24, 2.45) is 0 Å². The highest BCUT2D eigenvalue weighted by molar-refractivity contribution is 8.00. The summed E-state index contributed by atoms with van der Waals surface area (Å²) in [5.74, 6) is -0.475. The minimum Gasteiger partial charge on any atom is -0.230 e. The molecule has 0 N–H and O–H groups in total. The molecule has 66 valence electrons. The molecular weight excluding hydrogens is 175 g/mol. The van der Waals surface area contributed by atoms with Crippen LogP contribution in [-0.2, 0) is 0 Å². The van der Waals surface area contributed by atoms with Crippen LogP contribution in [0.15, 0.2) is 17.4 Å². The molecule has 1 aromatic heterocycles. The largest absolute Gasteiger partial charge is 0.230 e. The summed E-state index contributed by atoms with van der Waals surface area (Å²) >= 11 is 1.52. The lowest BCUT2D eigenvalue weighted by Gasteiger charge is -2.15. The van der Waals surface area contributed by atoms with Gasteiger partial charge in [-0.1, -0.05) is 20.8 Å². The second kappa shape index (κ2) is 3.39. The first kappa shape index (κ1) is 9.45. The number of hydrogen-bond donors (Lipinski definition) is 0. The summed E-state index contributed by atoms with van der Waals surface area (Å²) in [4.78, 5) is 7.32. The molecule has 4 heteroatoms. The number of halogens is 1. The van der Waals surface area contributed by atoms with Gasteiger partial charge in [-0.05, 0) is 0 Å². The quantitative estimate of drug-likeness (QED) is 0.498. The lowest BCUT2D eigenvalue weighted by atomic mass is 10.3. The molecule has 0 unspecified atom stereocenters. The Labute approximate surface area is 75.6 Å². The molecular formula is C8H11FN2S. The van der Waals surface area contributed by atoms with E-state index in [-0.39, 0.29) is 4.75 Å². The molecule has 1 rings (SSSR count). The van der Waals surface area contributed by atoms with Crippen LogP contribution in [0.2, 0.25) is 0 Å². The summed E-state index contributed by atoms with van der Waals surface area (Å²) in [5, 5.41) is 0.676. The lowest BCUT2D eigenvalue weighted by molar-refractivity contribution is 0.572. The van der Waals surface area contributed by atoms with Crippen molar-refractivity contribution in [2.75, 3.05) is 0 Å². The van der Waals surface area contributed by atoms with Gasteiger partial charge in [-0.2, -0.15) is 4.39 Å². The molecule has 0 fully saturated rings. The molecule has 0 bridgehead atoms. The lowest BCUT2D eigenvalue weighted by Crippen LogP contribution is -2.07. The first-order chi connectivity index (χ1) is 5.47. The van der Waals surface area contributed by atoms with Crippen LogP contribution in [0, 0.1) is 5.95 Å². The first-order valence-electron chi connectivity index (χ1n) is 3.64. The molecule has 0 amide bonds. The minimum absolute atomic E-state index is 0.0563. The van der Waals surface area contributed by atoms with E-state index >= 15 is 0 Å². The summed E-state index contributed by atoms with van der Waals surface area (Å²) in [6, 6.07) is 1.34. The van der Waals surface area contributed by atoms with Gasteiger partial charge in [0.05, 0.1) is 0 Å². The van der Waals surface area contributed by atoms with Crippen LogP contribution in [-0.4, -0.2) is 14.7 Å². The molecule has 1 heterocycles. The Balaban J connectivity index is 2.77. The highest BCUT2D eigenvalue weighted by Gasteiger charge is 2.13. The predicted octanol–water partition coefficient (Wildman–Crippen LogP) is 2.51. The maximum absolute atomic E-state index is 12.6. The van der Waals surface area contributed by atoms with E-state index in [4.69, 9.17) is 0 Å². The smallest absolute Gasteiger partial charge is 0.217 e. The fraction of sp³-hybridized carbons (Fsp3) is 0.500. The molecule has 0 aromatic carbocycles. The van der Waals surface area contributed by atoms with Crippen molar-refractivity contribution in [3.63, 3.8) is 0 Å². The van der Waals surface area contributed by atoms with Crippen molar-refractivity contribution in [3.8, 4) is 0 Å². The van der Waals surface area contributed by atoms with E-state index in [1.54, 1.807) is 0 Å². The molecule has 2 nitrogen and oxygen atoms in total. The van der Waals surface area contributed by atoms with Gasteiger partial charge in [-0.3, -0.25) is 0 Å². The van der Waals surface area contributed by atoms with Gasteiger partial charge in [-0.15, -0.1) is 11.8 Å². The van der Waals surface area contributed by atoms with E-state index in [1.165, 1.54) is 24.2 Å². The summed E-state index contributed by atoms with van der Waals surface area (Å²) in [6.07, 6.45) is 1.24. The van der Waals surface area contributed by atoms with Gasteiger partial charge in [0, 0.05) is 10.8 Å². The summed E-state index contributed by atoms with van der Waals surface area (Å²) < 4.78 is 12.6. The minimum atomic E-state index is -0.475. The van der Waals surface area contributed by atoms with Crippen molar-refractivity contribution >= 4 is 11.8 Å². The van der Waals surface area contributed by atoms with Gasteiger partial charge in [-0.25, -0.2) is 9.97 Å². The van der Waals surface area contributed by atoms with Crippen LogP contribution in [0.25, 0.3) is 0 Å². The second-order valence-electron chi connectivity index (χ2n) is 3.39. The van der Waals surface area contributed by atoms with E-state index in [2.05, 4.69) is 30.7 Å². The average molecular weight is 186 g/mol. The Bertz CT molecular complexity index is 270. The molecule has 0 atom stereocenters. The number of hydrogen-bond acceptors (Lipinski definition) is 3. The fourth-order valence-electron chi connectivity index (χ4n) is 0.687. The third kappa shape index (κ3) is 3.17. The van der Waals surface area contributed by atoms with Gasteiger partial charge in [0.1, 0.15) is 11.4 Å². The van der Waals surface area contributed by atoms with E-state index < -0.39 is 5.95 Å². The van der Waals surface area contributed by atoms with Crippen LogP contribution in [0.5, 0.6) is 0 Å². The summed E-state index contributed by atoms with van der Waals surface area (Å²) in [6.45, 7) is 6.16. The number of rotatable bonds is 1. The highest BCUT2D eigenvalue weighted by Crippen LogP contribution is 2.29. The SMILES string of the molecule is CC(C)(C)Sc1cc(F)ncn1. The van der Waals surface area contributed by atoms with Gasteiger partial charge in [0.2, 0.25) is 5.95 Å². The maximum Gasteiger partial charge on any atom is 0.217 e. The Kier molecular flexibility index (Phi) is 2.67. The van der Waals surface area contributed by atoms with Crippen LogP contribution in [0.1, 0.15) is 20.8 Å². The number of nitrogens with zero attached hydrogens (tertiary/aromatic N) is 2. The second-order valence-corrected chi connectivity index (χ2v) is 5.24. The third-order valence-electron chi connectivity index (χ3n) is 1.02. The van der Waals surface area contributed by atoms with Crippen molar-refractivity contribution in [1.82, 2.24) is 9.97 Å². The molecule has 0 aliphatic rings. The van der Waals surface area contributed by atoms with Crippen LogP contribution >= 0.6 is 11.8 Å². The van der Waals surface area contributed by atoms with Gasteiger partial charge in [0.15, 0.2) is 0 Å². The monoisotopic (exact) mass is 186 g/mol.